The molecule has 0 aliphatic rings. The van der Waals surface area contributed by atoms with Crippen LogP contribution in [-0.4, -0.2) is 24.9 Å². The van der Waals surface area contributed by atoms with Crippen molar-refractivity contribution in [2.75, 3.05) is 18.4 Å². The second-order valence-electron chi connectivity index (χ2n) is 5.49. The maximum Gasteiger partial charge on any atom is 0.416 e. The predicted molar refractivity (Wildman–Crippen MR) is 92.2 cm³/mol. The number of alkyl halides is 3. The average Bonchev–Trinajstić information content (AvgIpc) is 2.58. The lowest BCUT2D eigenvalue weighted by molar-refractivity contribution is -0.137. The van der Waals surface area contributed by atoms with Crippen molar-refractivity contribution < 1.29 is 22.8 Å². The standard InChI is InChI=1S/C18H18F3N3O2/c1-12(25)22-9-10-23-17(26)15-7-2-3-8-16(15)24-14-6-4-5-13(11-14)18(19,20)21/h2-8,11,24H,9-10H2,1H3,(H,22,25)(H,23,26). The van der Waals surface area contributed by atoms with Crippen molar-refractivity contribution in [3.8, 4) is 0 Å². The fourth-order valence-electron chi connectivity index (χ4n) is 2.23. The highest BCUT2D eigenvalue weighted by Gasteiger charge is 2.30. The highest BCUT2D eigenvalue weighted by Crippen LogP contribution is 2.31. The first-order valence-corrected chi connectivity index (χ1v) is 7.83. The van der Waals surface area contributed by atoms with Gasteiger partial charge in [-0.25, -0.2) is 0 Å². The summed E-state index contributed by atoms with van der Waals surface area (Å²) >= 11 is 0. The van der Waals surface area contributed by atoms with E-state index in [9.17, 15) is 22.8 Å². The van der Waals surface area contributed by atoms with Crippen molar-refractivity contribution in [3.63, 3.8) is 0 Å². The molecule has 8 heteroatoms. The van der Waals surface area contributed by atoms with Gasteiger partial charge in [0.15, 0.2) is 0 Å². The minimum Gasteiger partial charge on any atom is -0.355 e. The third-order valence-electron chi connectivity index (χ3n) is 3.43. The van der Waals surface area contributed by atoms with Gasteiger partial charge in [0.1, 0.15) is 0 Å². The van der Waals surface area contributed by atoms with E-state index < -0.39 is 17.6 Å². The summed E-state index contributed by atoms with van der Waals surface area (Å²) < 4.78 is 38.5. The van der Waals surface area contributed by atoms with E-state index in [4.69, 9.17) is 0 Å². The number of hydrogen-bond acceptors (Lipinski definition) is 3. The number of rotatable bonds is 6. The Morgan fingerprint density at radius 1 is 0.962 bits per heavy atom. The SMILES string of the molecule is CC(=O)NCCNC(=O)c1ccccc1Nc1cccc(C(F)(F)F)c1. The Morgan fingerprint density at radius 2 is 1.65 bits per heavy atom. The second kappa shape index (κ2) is 8.37. The van der Waals surface area contributed by atoms with Crippen LogP contribution in [0.5, 0.6) is 0 Å². The van der Waals surface area contributed by atoms with Crippen LogP contribution in [0.3, 0.4) is 0 Å². The van der Waals surface area contributed by atoms with Gasteiger partial charge in [-0.2, -0.15) is 13.2 Å². The van der Waals surface area contributed by atoms with Crippen molar-refractivity contribution in [2.45, 2.75) is 13.1 Å². The largest absolute Gasteiger partial charge is 0.416 e. The molecule has 0 bridgehead atoms. The number of nitrogens with one attached hydrogen (secondary N) is 3. The molecule has 0 unspecified atom stereocenters. The summed E-state index contributed by atoms with van der Waals surface area (Å²) in [5.74, 6) is -0.601. The number of carbonyl (C=O) groups excluding carboxylic acids is 2. The zero-order valence-corrected chi connectivity index (χ0v) is 14.0. The van der Waals surface area contributed by atoms with Gasteiger partial charge in [-0.1, -0.05) is 18.2 Å². The van der Waals surface area contributed by atoms with Crippen molar-refractivity contribution in [1.29, 1.82) is 0 Å². The second-order valence-corrected chi connectivity index (χ2v) is 5.49. The van der Waals surface area contributed by atoms with Crippen LogP contribution >= 0.6 is 0 Å². The summed E-state index contributed by atoms with van der Waals surface area (Å²) in [6.07, 6.45) is -4.45. The van der Waals surface area contributed by atoms with Gasteiger partial charge in [-0.05, 0) is 30.3 Å². The van der Waals surface area contributed by atoms with E-state index in [1.165, 1.54) is 19.1 Å². The number of carbonyl (C=O) groups is 2. The van der Waals surface area contributed by atoms with Crippen LogP contribution in [0.25, 0.3) is 0 Å². The number of halogens is 3. The van der Waals surface area contributed by atoms with Crippen LogP contribution in [0.4, 0.5) is 24.5 Å². The summed E-state index contributed by atoms with van der Waals surface area (Å²) in [6, 6.07) is 11.2. The Labute approximate surface area is 148 Å². The Balaban J connectivity index is 2.11. The molecule has 2 aromatic rings. The van der Waals surface area contributed by atoms with E-state index in [0.29, 0.717) is 5.69 Å². The molecule has 0 aliphatic carbocycles. The molecular formula is C18H18F3N3O2. The zero-order valence-electron chi connectivity index (χ0n) is 14.0. The van der Waals surface area contributed by atoms with Crippen molar-refractivity contribution in [1.82, 2.24) is 10.6 Å². The number of hydrogen-bond donors (Lipinski definition) is 3. The Kier molecular flexibility index (Phi) is 6.21. The molecule has 0 atom stereocenters. The molecule has 26 heavy (non-hydrogen) atoms. The molecule has 0 aromatic heterocycles. The molecule has 2 aromatic carbocycles. The number of para-hydroxylation sites is 1. The van der Waals surface area contributed by atoms with Crippen LogP contribution in [0.1, 0.15) is 22.8 Å². The molecule has 2 rings (SSSR count). The van der Waals surface area contributed by atoms with E-state index in [-0.39, 0.29) is 30.2 Å². The average molecular weight is 365 g/mol. The molecule has 2 amide bonds. The van der Waals surface area contributed by atoms with Crippen molar-refractivity contribution >= 4 is 23.2 Å². The van der Waals surface area contributed by atoms with Gasteiger partial charge in [-0.15, -0.1) is 0 Å². The summed E-state index contributed by atoms with van der Waals surface area (Å²) in [6.45, 7) is 1.89. The normalized spacial score (nSPS) is 10.9. The lowest BCUT2D eigenvalue weighted by atomic mass is 10.1. The first-order chi connectivity index (χ1) is 12.3. The minimum atomic E-state index is -4.45. The van der Waals surface area contributed by atoms with E-state index in [2.05, 4.69) is 16.0 Å². The Hall–Kier alpha value is -3.03. The summed E-state index contributed by atoms with van der Waals surface area (Å²) in [4.78, 5) is 23.1. The molecule has 0 saturated carbocycles. The fraction of sp³-hybridized carbons (Fsp3) is 0.222. The highest BCUT2D eigenvalue weighted by molar-refractivity contribution is 6.00. The first-order valence-electron chi connectivity index (χ1n) is 7.83. The molecular weight excluding hydrogens is 347 g/mol. The third-order valence-corrected chi connectivity index (χ3v) is 3.43. The minimum absolute atomic E-state index is 0.203. The zero-order chi connectivity index (χ0) is 19.2. The highest BCUT2D eigenvalue weighted by atomic mass is 19.4. The van der Waals surface area contributed by atoms with Crippen LogP contribution in [0, 0.1) is 0 Å². The van der Waals surface area contributed by atoms with E-state index in [1.54, 1.807) is 24.3 Å². The van der Waals surface area contributed by atoms with Gasteiger partial charge < -0.3 is 16.0 Å². The topological polar surface area (TPSA) is 70.2 Å². The summed E-state index contributed by atoms with van der Waals surface area (Å²) in [5, 5.41) is 8.04. The van der Waals surface area contributed by atoms with E-state index in [0.717, 1.165) is 12.1 Å². The molecule has 0 fully saturated rings. The van der Waals surface area contributed by atoms with Gasteiger partial charge in [0.2, 0.25) is 5.91 Å². The van der Waals surface area contributed by atoms with Crippen LogP contribution in [-0.2, 0) is 11.0 Å². The molecule has 0 radical (unpaired) electrons. The quantitative estimate of drug-likeness (QED) is 0.688. The van der Waals surface area contributed by atoms with Crippen LogP contribution < -0.4 is 16.0 Å². The van der Waals surface area contributed by atoms with Crippen LogP contribution in [0.2, 0.25) is 0 Å². The van der Waals surface area contributed by atoms with Crippen molar-refractivity contribution in [2.24, 2.45) is 0 Å². The maximum absolute atomic E-state index is 12.8. The van der Waals surface area contributed by atoms with Gasteiger partial charge in [0.25, 0.3) is 5.91 Å². The lowest BCUT2D eigenvalue weighted by Gasteiger charge is -2.14. The number of benzene rings is 2. The molecule has 0 saturated heterocycles. The Bertz CT molecular complexity index is 791. The molecule has 0 aliphatic heterocycles. The molecule has 0 spiro atoms. The number of anilines is 2. The Morgan fingerprint density at radius 3 is 2.35 bits per heavy atom. The first kappa shape index (κ1) is 19.3. The van der Waals surface area contributed by atoms with Crippen LogP contribution in [0.15, 0.2) is 48.5 Å². The molecule has 5 nitrogen and oxygen atoms in total. The fourth-order valence-corrected chi connectivity index (χ4v) is 2.23. The van der Waals surface area contributed by atoms with Gasteiger partial charge >= 0.3 is 6.18 Å². The molecule has 3 N–H and O–H groups in total. The van der Waals surface area contributed by atoms with Crippen molar-refractivity contribution in [3.05, 3.63) is 59.7 Å². The summed E-state index contributed by atoms with van der Waals surface area (Å²) in [7, 11) is 0. The monoisotopic (exact) mass is 365 g/mol. The third kappa shape index (κ3) is 5.51. The number of amides is 2. The maximum atomic E-state index is 12.8. The molecule has 138 valence electrons. The van der Waals surface area contributed by atoms with E-state index in [1.807, 2.05) is 0 Å². The van der Waals surface area contributed by atoms with Gasteiger partial charge in [0, 0.05) is 25.7 Å². The summed E-state index contributed by atoms with van der Waals surface area (Å²) in [5.41, 5.74) is 0.106. The lowest BCUT2D eigenvalue weighted by Crippen LogP contribution is -2.33. The molecule has 0 heterocycles. The van der Waals surface area contributed by atoms with Gasteiger partial charge in [-0.3, -0.25) is 9.59 Å². The van der Waals surface area contributed by atoms with E-state index >= 15 is 0 Å². The smallest absolute Gasteiger partial charge is 0.355 e. The predicted octanol–water partition coefficient (Wildman–Crippen LogP) is 3.31. The van der Waals surface area contributed by atoms with Gasteiger partial charge in [0.05, 0.1) is 16.8 Å².